The minimum absolute atomic E-state index is 0.106. The van der Waals surface area contributed by atoms with Gasteiger partial charge < -0.3 is 5.32 Å². The van der Waals surface area contributed by atoms with Gasteiger partial charge >= 0.3 is 0 Å². The van der Waals surface area contributed by atoms with Crippen LogP contribution in [0.15, 0.2) is 15.9 Å². The van der Waals surface area contributed by atoms with Crippen molar-refractivity contribution in [1.82, 2.24) is 5.32 Å². The lowest BCUT2D eigenvalue weighted by Gasteiger charge is -2.08. The van der Waals surface area contributed by atoms with Crippen molar-refractivity contribution in [3.63, 3.8) is 0 Å². The number of thiophene rings is 1. The average molecular weight is 272 g/mol. The molecule has 0 aliphatic carbocycles. The Morgan fingerprint density at radius 1 is 1.79 bits per heavy atom. The van der Waals surface area contributed by atoms with Crippen LogP contribution in [0.3, 0.4) is 0 Å². The number of hydrogen-bond donors (Lipinski definition) is 1. The smallest absolute Gasteiger partial charge is 0.262 e. The van der Waals surface area contributed by atoms with Gasteiger partial charge in [-0.1, -0.05) is 12.8 Å². The predicted octanol–water partition coefficient (Wildman–Crippen LogP) is 2.65. The van der Waals surface area contributed by atoms with Crippen LogP contribution in [-0.2, 0) is 0 Å². The molecule has 1 rings (SSSR count). The van der Waals surface area contributed by atoms with E-state index >= 15 is 0 Å². The quantitative estimate of drug-likeness (QED) is 0.842. The molecule has 1 amide bonds. The molecule has 0 bridgehead atoms. The van der Waals surface area contributed by atoms with Gasteiger partial charge in [-0.3, -0.25) is 4.79 Å². The van der Waals surface area contributed by atoms with Crippen molar-refractivity contribution in [2.45, 2.75) is 19.4 Å². The molecule has 2 nitrogen and oxygen atoms in total. The number of carbonyl (C=O) groups is 1. The fraction of sp³-hybridized carbons (Fsp3) is 0.300. The molecule has 1 aromatic rings. The molecule has 0 aliphatic heterocycles. The van der Waals surface area contributed by atoms with Crippen LogP contribution in [-0.4, -0.2) is 11.9 Å². The Morgan fingerprint density at radius 3 is 2.93 bits per heavy atom. The first-order valence-corrected chi connectivity index (χ1v) is 5.80. The summed E-state index contributed by atoms with van der Waals surface area (Å²) < 4.78 is 0.941. The van der Waals surface area contributed by atoms with Crippen LogP contribution in [0, 0.1) is 12.3 Å². The van der Waals surface area contributed by atoms with Crippen molar-refractivity contribution < 1.29 is 4.79 Å². The largest absolute Gasteiger partial charge is 0.338 e. The summed E-state index contributed by atoms with van der Waals surface area (Å²) >= 11 is 4.69. The topological polar surface area (TPSA) is 29.1 Å². The Bertz CT molecular complexity index is 366. The number of amides is 1. The maximum Gasteiger partial charge on any atom is 0.262 e. The highest BCUT2D eigenvalue weighted by Gasteiger charge is 2.11. The van der Waals surface area contributed by atoms with E-state index < -0.39 is 0 Å². The Morgan fingerprint density at radius 2 is 2.50 bits per heavy atom. The first-order valence-electron chi connectivity index (χ1n) is 4.19. The molecule has 0 radical (unpaired) electrons. The van der Waals surface area contributed by atoms with E-state index in [1.165, 1.54) is 11.3 Å². The Balaban J connectivity index is 2.64. The summed E-state index contributed by atoms with van der Waals surface area (Å²) in [5, 5.41) is 2.76. The standard InChI is InChI=1S/C10H10BrNOS/c1-3-7(4-2)12-10(13)8-5-6-9(11)14-8/h1,5-7H,4H2,2H3,(H,12,13). The van der Waals surface area contributed by atoms with Crippen LogP contribution >= 0.6 is 27.3 Å². The first kappa shape index (κ1) is 11.3. The normalized spacial score (nSPS) is 11.8. The van der Waals surface area contributed by atoms with Gasteiger partial charge in [0.1, 0.15) is 0 Å². The zero-order valence-electron chi connectivity index (χ0n) is 7.71. The second-order valence-electron chi connectivity index (χ2n) is 2.70. The molecule has 1 aromatic heterocycles. The van der Waals surface area contributed by atoms with E-state index in [9.17, 15) is 4.79 Å². The summed E-state index contributed by atoms with van der Waals surface area (Å²) in [6.45, 7) is 1.94. The maximum absolute atomic E-state index is 11.6. The summed E-state index contributed by atoms with van der Waals surface area (Å²) in [6, 6.07) is 3.44. The Labute approximate surface area is 95.8 Å². The summed E-state index contributed by atoms with van der Waals surface area (Å²) in [4.78, 5) is 12.2. The molecule has 0 aromatic carbocycles. The van der Waals surface area contributed by atoms with E-state index in [0.29, 0.717) is 4.88 Å². The van der Waals surface area contributed by atoms with Gasteiger partial charge in [-0.15, -0.1) is 17.8 Å². The number of hydrogen-bond acceptors (Lipinski definition) is 2. The van der Waals surface area contributed by atoms with Gasteiger partial charge in [0, 0.05) is 0 Å². The SMILES string of the molecule is C#CC(CC)NC(=O)c1ccc(Br)s1. The lowest BCUT2D eigenvalue weighted by Crippen LogP contribution is -2.32. The van der Waals surface area contributed by atoms with Gasteiger partial charge in [-0.2, -0.15) is 0 Å². The highest BCUT2D eigenvalue weighted by Crippen LogP contribution is 2.21. The van der Waals surface area contributed by atoms with Crippen molar-refractivity contribution in [2.24, 2.45) is 0 Å². The molecular formula is C10H10BrNOS. The van der Waals surface area contributed by atoms with Crippen molar-refractivity contribution >= 4 is 33.2 Å². The number of terminal acetylenes is 1. The molecule has 0 aliphatic rings. The third kappa shape index (κ3) is 2.86. The molecule has 0 spiro atoms. The van der Waals surface area contributed by atoms with E-state index in [0.717, 1.165) is 10.2 Å². The van der Waals surface area contributed by atoms with Gasteiger partial charge in [-0.25, -0.2) is 0 Å². The Hall–Kier alpha value is -0.790. The summed E-state index contributed by atoms with van der Waals surface area (Å²) in [5.41, 5.74) is 0. The number of carbonyl (C=O) groups excluding carboxylic acids is 1. The van der Waals surface area contributed by atoms with Gasteiger partial charge in [0.2, 0.25) is 0 Å². The number of halogens is 1. The van der Waals surface area contributed by atoms with Crippen LogP contribution in [0.25, 0.3) is 0 Å². The number of nitrogens with one attached hydrogen (secondary N) is 1. The lowest BCUT2D eigenvalue weighted by molar-refractivity contribution is 0.0949. The van der Waals surface area contributed by atoms with Gasteiger partial charge in [0.05, 0.1) is 14.7 Å². The highest BCUT2D eigenvalue weighted by molar-refractivity contribution is 9.11. The summed E-state index contributed by atoms with van der Waals surface area (Å²) in [6.07, 6.45) is 5.99. The van der Waals surface area contributed by atoms with E-state index in [1.54, 1.807) is 6.07 Å². The third-order valence-electron chi connectivity index (χ3n) is 1.71. The minimum atomic E-state index is -0.177. The molecule has 1 heterocycles. The van der Waals surface area contributed by atoms with E-state index in [1.807, 2.05) is 13.0 Å². The fourth-order valence-electron chi connectivity index (χ4n) is 0.927. The van der Waals surface area contributed by atoms with E-state index in [-0.39, 0.29) is 11.9 Å². The van der Waals surface area contributed by atoms with Crippen molar-refractivity contribution in [1.29, 1.82) is 0 Å². The molecule has 0 fully saturated rings. The van der Waals surface area contributed by atoms with Crippen LogP contribution in [0.1, 0.15) is 23.0 Å². The molecule has 1 atom stereocenters. The second kappa shape index (κ2) is 5.18. The van der Waals surface area contributed by atoms with Gasteiger partial charge in [0.15, 0.2) is 0 Å². The van der Waals surface area contributed by atoms with E-state index in [4.69, 9.17) is 6.42 Å². The molecule has 14 heavy (non-hydrogen) atoms. The van der Waals surface area contributed by atoms with Crippen LogP contribution < -0.4 is 5.32 Å². The molecule has 0 saturated carbocycles. The zero-order chi connectivity index (χ0) is 10.6. The average Bonchev–Trinajstić information content (AvgIpc) is 2.61. The van der Waals surface area contributed by atoms with Gasteiger partial charge in [0.25, 0.3) is 5.91 Å². The fourth-order valence-corrected chi connectivity index (χ4v) is 2.22. The molecule has 74 valence electrons. The molecular weight excluding hydrogens is 262 g/mol. The van der Waals surface area contributed by atoms with Crippen molar-refractivity contribution in [2.75, 3.05) is 0 Å². The van der Waals surface area contributed by atoms with Crippen LogP contribution in [0.4, 0.5) is 0 Å². The Kier molecular flexibility index (Phi) is 4.18. The highest BCUT2D eigenvalue weighted by atomic mass is 79.9. The molecule has 4 heteroatoms. The van der Waals surface area contributed by atoms with Crippen LogP contribution in [0.2, 0.25) is 0 Å². The van der Waals surface area contributed by atoms with Crippen molar-refractivity contribution in [3.8, 4) is 12.3 Å². The van der Waals surface area contributed by atoms with E-state index in [2.05, 4.69) is 27.2 Å². The number of rotatable bonds is 3. The monoisotopic (exact) mass is 271 g/mol. The molecule has 0 saturated heterocycles. The predicted molar refractivity (Wildman–Crippen MR) is 62.4 cm³/mol. The van der Waals surface area contributed by atoms with Crippen LogP contribution in [0.5, 0.6) is 0 Å². The third-order valence-corrected chi connectivity index (χ3v) is 3.33. The van der Waals surface area contributed by atoms with Gasteiger partial charge in [-0.05, 0) is 34.5 Å². The zero-order valence-corrected chi connectivity index (χ0v) is 10.1. The summed E-state index contributed by atoms with van der Waals surface area (Å²) in [7, 11) is 0. The minimum Gasteiger partial charge on any atom is -0.338 e. The maximum atomic E-state index is 11.6. The van der Waals surface area contributed by atoms with Crippen molar-refractivity contribution in [3.05, 3.63) is 20.8 Å². The lowest BCUT2D eigenvalue weighted by atomic mass is 10.2. The first-order chi connectivity index (χ1) is 6.67. The molecule has 1 unspecified atom stereocenters. The second-order valence-corrected chi connectivity index (χ2v) is 5.17. The molecule has 1 N–H and O–H groups in total. The summed E-state index contributed by atoms with van der Waals surface area (Å²) in [5.74, 6) is 2.41.